The van der Waals surface area contributed by atoms with Gasteiger partial charge in [-0.15, -0.1) is 0 Å². The van der Waals surface area contributed by atoms with Crippen LogP contribution in [0.5, 0.6) is 0 Å². The van der Waals surface area contributed by atoms with Gasteiger partial charge in [0.1, 0.15) is 5.60 Å². The Kier molecular flexibility index (Phi) is 7.03. The molecule has 1 saturated carbocycles. The van der Waals surface area contributed by atoms with Crippen LogP contribution in [-0.2, 0) is 14.8 Å². The molecule has 1 aromatic rings. The van der Waals surface area contributed by atoms with Gasteiger partial charge in [-0.3, -0.25) is 0 Å². The Balaban J connectivity index is 1.57. The third-order valence-electron chi connectivity index (χ3n) is 7.49. The minimum Gasteiger partial charge on any atom is -0.441 e. The molecule has 2 heterocycles. The molecule has 184 valence electrons. The van der Waals surface area contributed by atoms with E-state index in [0.29, 0.717) is 50.1 Å². The van der Waals surface area contributed by atoms with Crippen LogP contribution in [0.1, 0.15) is 71.6 Å². The van der Waals surface area contributed by atoms with Gasteiger partial charge in [-0.2, -0.15) is 4.31 Å². The lowest BCUT2D eigenvalue weighted by Crippen LogP contribution is -2.57. The lowest BCUT2D eigenvalue weighted by Gasteiger charge is -2.44. The van der Waals surface area contributed by atoms with Crippen LogP contribution in [0.4, 0.5) is 4.79 Å². The van der Waals surface area contributed by atoms with Crippen molar-refractivity contribution in [2.75, 3.05) is 13.1 Å². The number of rotatable bonds is 7. The molecule has 1 unspecified atom stereocenters. The predicted octanol–water partition coefficient (Wildman–Crippen LogP) is 4.57. The SMILES string of the molecule is CCCC1(O)CCN(C(=O)OC2([C@H]3CCC[C@@H](CC)N3S(=O)(=O)c3ccc(Cl)cc3)CC2)C1. The van der Waals surface area contributed by atoms with Crippen molar-refractivity contribution in [1.82, 2.24) is 9.21 Å². The van der Waals surface area contributed by atoms with Crippen molar-refractivity contribution < 1.29 is 23.1 Å². The smallest absolute Gasteiger partial charge is 0.410 e. The fourth-order valence-corrected chi connectivity index (χ4v) is 7.70. The third kappa shape index (κ3) is 4.90. The monoisotopic (exact) mass is 498 g/mol. The number of halogens is 1. The average molecular weight is 499 g/mol. The summed E-state index contributed by atoms with van der Waals surface area (Å²) in [6.07, 6.45) is 5.95. The van der Waals surface area contributed by atoms with Crippen LogP contribution in [-0.4, -0.2) is 65.2 Å². The zero-order valence-corrected chi connectivity index (χ0v) is 21.1. The predicted molar refractivity (Wildman–Crippen MR) is 127 cm³/mol. The van der Waals surface area contributed by atoms with E-state index >= 15 is 0 Å². The molecule has 9 heteroatoms. The molecule has 33 heavy (non-hydrogen) atoms. The van der Waals surface area contributed by atoms with Crippen LogP contribution < -0.4 is 0 Å². The van der Waals surface area contributed by atoms with Gasteiger partial charge in [0.15, 0.2) is 0 Å². The van der Waals surface area contributed by atoms with Crippen LogP contribution >= 0.6 is 11.6 Å². The van der Waals surface area contributed by atoms with Gasteiger partial charge in [0.05, 0.1) is 23.1 Å². The molecule has 4 rings (SSSR count). The average Bonchev–Trinajstić information content (AvgIpc) is 3.46. The van der Waals surface area contributed by atoms with E-state index < -0.39 is 33.4 Å². The number of carbonyl (C=O) groups is 1. The summed E-state index contributed by atoms with van der Waals surface area (Å²) in [5.74, 6) is 0. The number of aliphatic hydroxyl groups is 1. The van der Waals surface area contributed by atoms with Crippen molar-refractivity contribution in [2.45, 2.75) is 99.8 Å². The zero-order valence-electron chi connectivity index (χ0n) is 19.5. The molecule has 1 N–H and O–H groups in total. The fraction of sp³-hybridized carbons (Fsp3) is 0.708. The molecule has 0 bridgehead atoms. The molecule has 1 aromatic carbocycles. The molecule has 2 saturated heterocycles. The van der Waals surface area contributed by atoms with E-state index in [4.69, 9.17) is 16.3 Å². The number of hydrogen-bond acceptors (Lipinski definition) is 5. The first-order valence-electron chi connectivity index (χ1n) is 12.1. The van der Waals surface area contributed by atoms with Gasteiger partial charge in [0, 0.05) is 17.6 Å². The molecule has 0 spiro atoms. The number of likely N-dealkylation sites (tertiary alicyclic amines) is 1. The van der Waals surface area contributed by atoms with Crippen molar-refractivity contribution in [1.29, 1.82) is 0 Å². The maximum absolute atomic E-state index is 13.8. The zero-order chi connectivity index (χ0) is 23.9. The third-order valence-corrected chi connectivity index (χ3v) is 9.72. The highest BCUT2D eigenvalue weighted by atomic mass is 35.5. The number of β-amino-alcohol motifs (C(OH)–C–C–N with tert-alkyl or cyclic N) is 1. The number of piperidine rings is 1. The van der Waals surface area contributed by atoms with E-state index in [1.165, 1.54) is 0 Å². The first kappa shape index (κ1) is 24.8. The van der Waals surface area contributed by atoms with E-state index in [0.717, 1.165) is 19.3 Å². The van der Waals surface area contributed by atoms with E-state index in [2.05, 4.69) is 0 Å². The summed E-state index contributed by atoms with van der Waals surface area (Å²) < 4.78 is 35.2. The first-order valence-corrected chi connectivity index (χ1v) is 14.0. The summed E-state index contributed by atoms with van der Waals surface area (Å²) in [6, 6.07) is 5.74. The molecule has 0 radical (unpaired) electrons. The standard InChI is InChI=1S/C24H35ClN2O5S/c1-3-12-23(29)15-16-26(17-23)22(28)32-24(13-14-24)21-7-5-6-19(4-2)27(21)33(30,31)20-10-8-18(25)9-11-20/h8-11,19,21,29H,3-7,12-17H2,1-2H3/t19-,21-,23?/m1/s1. The topological polar surface area (TPSA) is 87.2 Å². The molecule has 1 aliphatic carbocycles. The summed E-state index contributed by atoms with van der Waals surface area (Å²) in [4.78, 5) is 14.8. The maximum Gasteiger partial charge on any atom is 0.410 e. The van der Waals surface area contributed by atoms with E-state index in [9.17, 15) is 18.3 Å². The van der Waals surface area contributed by atoms with Gasteiger partial charge in [-0.1, -0.05) is 38.3 Å². The van der Waals surface area contributed by atoms with Gasteiger partial charge in [-0.05, 0) is 69.2 Å². The lowest BCUT2D eigenvalue weighted by molar-refractivity contribution is -0.0120. The van der Waals surface area contributed by atoms with Gasteiger partial charge in [-0.25, -0.2) is 13.2 Å². The van der Waals surface area contributed by atoms with Gasteiger partial charge in [0.2, 0.25) is 10.0 Å². The first-order chi connectivity index (χ1) is 15.6. The van der Waals surface area contributed by atoms with Crippen LogP contribution in [0.25, 0.3) is 0 Å². The van der Waals surface area contributed by atoms with Crippen molar-refractivity contribution in [3.05, 3.63) is 29.3 Å². The Morgan fingerprint density at radius 3 is 2.48 bits per heavy atom. The Morgan fingerprint density at radius 1 is 1.18 bits per heavy atom. The minimum atomic E-state index is -3.78. The molecule has 2 aliphatic heterocycles. The summed E-state index contributed by atoms with van der Waals surface area (Å²) in [5.41, 5.74) is -1.65. The van der Waals surface area contributed by atoms with Crippen LogP contribution in [0.15, 0.2) is 29.2 Å². The molecule has 7 nitrogen and oxygen atoms in total. The number of sulfonamides is 1. The number of amides is 1. The van der Waals surface area contributed by atoms with Crippen LogP contribution in [0.3, 0.4) is 0 Å². The number of benzene rings is 1. The Labute approximate surface area is 202 Å². The second kappa shape index (κ2) is 9.36. The molecule has 3 fully saturated rings. The molecule has 3 atom stereocenters. The summed E-state index contributed by atoms with van der Waals surface area (Å²) in [6.45, 7) is 4.74. The molecular formula is C24H35ClN2O5S. The van der Waals surface area contributed by atoms with E-state index in [1.54, 1.807) is 33.5 Å². The van der Waals surface area contributed by atoms with Gasteiger partial charge < -0.3 is 14.7 Å². The highest BCUT2D eigenvalue weighted by Gasteiger charge is 2.60. The Bertz CT molecular complexity index is 966. The van der Waals surface area contributed by atoms with Crippen molar-refractivity contribution in [3.8, 4) is 0 Å². The largest absolute Gasteiger partial charge is 0.441 e. The number of ether oxygens (including phenoxy) is 1. The van der Waals surface area contributed by atoms with Crippen molar-refractivity contribution in [3.63, 3.8) is 0 Å². The maximum atomic E-state index is 13.8. The fourth-order valence-electron chi connectivity index (χ4n) is 5.57. The second-order valence-electron chi connectivity index (χ2n) is 9.88. The van der Waals surface area contributed by atoms with E-state index in [-0.39, 0.29) is 17.5 Å². The van der Waals surface area contributed by atoms with Crippen LogP contribution in [0, 0.1) is 0 Å². The quantitative estimate of drug-likeness (QED) is 0.595. The minimum absolute atomic E-state index is 0.137. The molecular weight excluding hydrogens is 464 g/mol. The van der Waals surface area contributed by atoms with Gasteiger partial charge in [0.25, 0.3) is 0 Å². The van der Waals surface area contributed by atoms with Crippen molar-refractivity contribution in [2.24, 2.45) is 0 Å². The number of carbonyl (C=O) groups excluding carboxylic acids is 1. The highest BCUT2D eigenvalue weighted by molar-refractivity contribution is 7.89. The summed E-state index contributed by atoms with van der Waals surface area (Å²) in [7, 11) is -3.78. The summed E-state index contributed by atoms with van der Waals surface area (Å²) in [5, 5.41) is 11.2. The summed E-state index contributed by atoms with van der Waals surface area (Å²) >= 11 is 5.99. The van der Waals surface area contributed by atoms with Crippen LogP contribution in [0.2, 0.25) is 5.02 Å². The van der Waals surface area contributed by atoms with E-state index in [1.807, 2.05) is 13.8 Å². The van der Waals surface area contributed by atoms with Gasteiger partial charge >= 0.3 is 6.09 Å². The molecule has 3 aliphatic rings. The van der Waals surface area contributed by atoms with Crippen molar-refractivity contribution >= 4 is 27.7 Å². The Hall–Kier alpha value is -1.35. The lowest BCUT2D eigenvalue weighted by atomic mass is 9.92. The number of nitrogens with zero attached hydrogens (tertiary/aromatic N) is 2. The molecule has 1 amide bonds. The highest BCUT2D eigenvalue weighted by Crippen LogP contribution is 2.50. The normalized spacial score (nSPS) is 29.8. The number of hydrogen-bond donors (Lipinski definition) is 1. The second-order valence-corrected chi connectivity index (χ2v) is 12.2. The molecule has 0 aromatic heterocycles. The Morgan fingerprint density at radius 2 is 1.88 bits per heavy atom.